The number of hydrogen-bond donors (Lipinski definition) is 2. The Morgan fingerprint density at radius 1 is 1.15 bits per heavy atom. The normalized spacial score (nSPS) is 14.0. The third kappa shape index (κ3) is 4.59. The molecule has 1 aliphatic rings. The highest BCUT2D eigenvalue weighted by molar-refractivity contribution is 5.79. The summed E-state index contributed by atoms with van der Waals surface area (Å²) < 4.78 is 36.1. The Balaban J connectivity index is 0.000000406. The van der Waals surface area contributed by atoms with E-state index in [0.717, 1.165) is 42.0 Å². The largest absolute Gasteiger partial charge is 0.490 e. The van der Waals surface area contributed by atoms with Crippen LogP contribution in [-0.2, 0) is 18.9 Å². The quantitative estimate of drug-likeness (QED) is 0.577. The first kappa shape index (κ1) is 24.8. The standard InChI is InChI=1S/C19H22N6O2.C2HF3O2/c1-4-13-7-5-6-8-14(13)25-15-16(22(2)19(27)23(3)17(15)26)21-18(25)24-11-9-20-10-12-24;3-2(4,5)1(6)7/h4-8,20H,1,9-12H2,2-3H3;(H,6,7). The molecule has 4 rings (SSSR count). The van der Waals surface area contributed by atoms with Crippen LogP contribution in [0.15, 0.2) is 40.4 Å². The van der Waals surface area contributed by atoms with Crippen LogP contribution in [0.5, 0.6) is 0 Å². The number of imidazole rings is 1. The number of nitrogens with zero attached hydrogens (tertiary/aromatic N) is 5. The molecule has 34 heavy (non-hydrogen) atoms. The zero-order chi connectivity index (χ0) is 25.2. The van der Waals surface area contributed by atoms with Gasteiger partial charge in [0.1, 0.15) is 0 Å². The van der Waals surface area contributed by atoms with Crippen molar-refractivity contribution in [3.05, 3.63) is 57.2 Å². The average molecular weight is 480 g/mol. The number of carboxylic acids is 1. The lowest BCUT2D eigenvalue weighted by molar-refractivity contribution is -0.192. The molecule has 3 aromatic rings. The Labute approximate surface area is 191 Å². The number of anilines is 1. The SMILES string of the molecule is C=Cc1ccccc1-n1c(N2CCNCC2)nc2c1c(=O)n(C)c(=O)n2C.O=C(O)C(F)(F)F. The molecule has 2 N–H and O–H groups in total. The van der Waals surface area contributed by atoms with Gasteiger partial charge in [0.2, 0.25) is 5.95 Å². The molecule has 0 spiro atoms. The Bertz CT molecular complexity index is 1350. The van der Waals surface area contributed by atoms with E-state index in [-0.39, 0.29) is 11.2 Å². The van der Waals surface area contributed by atoms with Gasteiger partial charge in [0.25, 0.3) is 5.56 Å². The fourth-order valence-corrected chi connectivity index (χ4v) is 3.55. The van der Waals surface area contributed by atoms with Crippen LogP contribution < -0.4 is 21.5 Å². The van der Waals surface area contributed by atoms with Gasteiger partial charge in [-0.1, -0.05) is 30.9 Å². The van der Waals surface area contributed by atoms with Crippen LogP contribution in [0.1, 0.15) is 5.56 Å². The summed E-state index contributed by atoms with van der Waals surface area (Å²) in [6.45, 7) is 7.12. The van der Waals surface area contributed by atoms with Crippen LogP contribution in [0.25, 0.3) is 22.9 Å². The van der Waals surface area contributed by atoms with Crippen LogP contribution in [0.2, 0.25) is 0 Å². The van der Waals surface area contributed by atoms with Gasteiger partial charge >= 0.3 is 17.8 Å². The second kappa shape index (κ2) is 9.55. The smallest absolute Gasteiger partial charge is 0.475 e. The van der Waals surface area contributed by atoms with Crippen LogP contribution in [-0.4, -0.2) is 62.1 Å². The lowest BCUT2D eigenvalue weighted by Gasteiger charge is -2.29. The maximum Gasteiger partial charge on any atom is 0.490 e. The average Bonchev–Trinajstić information content (AvgIpc) is 3.22. The molecular formula is C21H23F3N6O4. The summed E-state index contributed by atoms with van der Waals surface area (Å²) in [5, 5.41) is 10.5. The highest BCUT2D eigenvalue weighted by Crippen LogP contribution is 2.27. The fraction of sp³-hybridized carbons (Fsp3) is 0.333. The molecule has 0 unspecified atom stereocenters. The molecule has 0 radical (unpaired) electrons. The van der Waals surface area contributed by atoms with E-state index >= 15 is 0 Å². The number of piperazine rings is 1. The van der Waals surface area contributed by atoms with Crippen LogP contribution in [0.4, 0.5) is 19.1 Å². The van der Waals surface area contributed by atoms with Gasteiger partial charge in [-0.3, -0.25) is 18.5 Å². The van der Waals surface area contributed by atoms with Crippen molar-refractivity contribution in [3.8, 4) is 5.69 Å². The number of alkyl halides is 3. The highest BCUT2D eigenvalue weighted by Gasteiger charge is 2.38. The van der Waals surface area contributed by atoms with E-state index in [9.17, 15) is 22.8 Å². The first-order chi connectivity index (χ1) is 16.0. The van der Waals surface area contributed by atoms with Crippen LogP contribution in [0.3, 0.4) is 0 Å². The second-order valence-corrected chi connectivity index (χ2v) is 7.43. The van der Waals surface area contributed by atoms with E-state index in [0.29, 0.717) is 17.1 Å². The molecular weight excluding hydrogens is 457 g/mol. The van der Waals surface area contributed by atoms with Gasteiger partial charge in [-0.15, -0.1) is 0 Å². The number of hydrogen-bond acceptors (Lipinski definition) is 6. The lowest BCUT2D eigenvalue weighted by Crippen LogP contribution is -2.44. The van der Waals surface area contributed by atoms with E-state index < -0.39 is 12.1 Å². The molecule has 0 saturated carbocycles. The predicted molar refractivity (Wildman–Crippen MR) is 120 cm³/mol. The maximum absolute atomic E-state index is 13.0. The number of carboxylic acid groups (broad SMARTS) is 1. The molecule has 2 aromatic heterocycles. The predicted octanol–water partition coefficient (Wildman–Crippen LogP) is 1.11. The minimum atomic E-state index is -5.08. The third-order valence-corrected chi connectivity index (χ3v) is 5.28. The number of benzene rings is 1. The number of rotatable bonds is 3. The summed E-state index contributed by atoms with van der Waals surface area (Å²) in [7, 11) is 3.13. The Kier molecular flexibility index (Phi) is 6.96. The van der Waals surface area contributed by atoms with Gasteiger partial charge in [-0.2, -0.15) is 18.2 Å². The van der Waals surface area contributed by atoms with E-state index in [1.807, 2.05) is 28.8 Å². The summed E-state index contributed by atoms with van der Waals surface area (Å²) >= 11 is 0. The van der Waals surface area contributed by atoms with Gasteiger partial charge in [0.05, 0.1) is 5.69 Å². The summed E-state index contributed by atoms with van der Waals surface area (Å²) in [4.78, 5) is 41.2. The van der Waals surface area contributed by atoms with Crippen molar-refractivity contribution in [2.45, 2.75) is 6.18 Å². The number of nitrogens with one attached hydrogen (secondary N) is 1. The molecule has 0 bridgehead atoms. The summed E-state index contributed by atoms with van der Waals surface area (Å²) in [6.07, 6.45) is -3.32. The topological polar surface area (TPSA) is 114 Å². The van der Waals surface area contributed by atoms with Gasteiger partial charge in [0.15, 0.2) is 11.2 Å². The van der Waals surface area contributed by atoms with Gasteiger partial charge in [0, 0.05) is 40.3 Å². The minimum Gasteiger partial charge on any atom is -0.475 e. The first-order valence-corrected chi connectivity index (χ1v) is 10.1. The molecule has 0 aliphatic carbocycles. The van der Waals surface area contributed by atoms with Crippen molar-refractivity contribution in [1.29, 1.82) is 0 Å². The zero-order valence-electron chi connectivity index (χ0n) is 18.5. The van der Waals surface area contributed by atoms with Crippen molar-refractivity contribution < 1.29 is 23.1 Å². The number of para-hydroxylation sites is 1. The van der Waals surface area contributed by atoms with Gasteiger partial charge < -0.3 is 15.3 Å². The minimum absolute atomic E-state index is 0.360. The number of fused-ring (bicyclic) bond motifs is 1. The molecule has 13 heteroatoms. The number of aryl methyl sites for hydroxylation is 1. The van der Waals surface area contributed by atoms with Gasteiger partial charge in [-0.25, -0.2) is 9.59 Å². The van der Waals surface area contributed by atoms with E-state index in [1.165, 1.54) is 11.6 Å². The number of aromatic nitrogens is 4. The van der Waals surface area contributed by atoms with Crippen molar-refractivity contribution in [2.75, 3.05) is 31.1 Å². The van der Waals surface area contributed by atoms with Crippen molar-refractivity contribution >= 4 is 29.2 Å². The number of halogens is 3. The summed E-state index contributed by atoms with van der Waals surface area (Å²) in [5.74, 6) is -2.09. The molecule has 10 nitrogen and oxygen atoms in total. The highest BCUT2D eigenvalue weighted by atomic mass is 19.4. The zero-order valence-corrected chi connectivity index (χ0v) is 18.5. The van der Waals surface area contributed by atoms with E-state index in [2.05, 4.69) is 16.8 Å². The molecule has 182 valence electrons. The summed E-state index contributed by atoms with van der Waals surface area (Å²) in [6, 6.07) is 7.73. The molecule has 0 amide bonds. The number of carbonyl (C=O) groups is 1. The molecule has 3 heterocycles. The van der Waals surface area contributed by atoms with Crippen LogP contribution in [0, 0.1) is 0 Å². The van der Waals surface area contributed by atoms with Crippen LogP contribution >= 0.6 is 0 Å². The molecule has 1 aromatic carbocycles. The fourth-order valence-electron chi connectivity index (χ4n) is 3.55. The van der Waals surface area contributed by atoms with E-state index in [4.69, 9.17) is 14.9 Å². The molecule has 1 saturated heterocycles. The maximum atomic E-state index is 13.0. The Hall–Kier alpha value is -3.87. The Morgan fingerprint density at radius 2 is 1.74 bits per heavy atom. The lowest BCUT2D eigenvalue weighted by atomic mass is 10.1. The number of aliphatic carboxylic acids is 1. The summed E-state index contributed by atoms with van der Waals surface area (Å²) in [5.41, 5.74) is 1.74. The third-order valence-electron chi connectivity index (χ3n) is 5.28. The van der Waals surface area contributed by atoms with Crippen molar-refractivity contribution in [3.63, 3.8) is 0 Å². The second-order valence-electron chi connectivity index (χ2n) is 7.43. The molecule has 0 atom stereocenters. The monoisotopic (exact) mass is 480 g/mol. The Morgan fingerprint density at radius 3 is 2.29 bits per heavy atom. The van der Waals surface area contributed by atoms with Crippen molar-refractivity contribution in [2.24, 2.45) is 14.1 Å². The van der Waals surface area contributed by atoms with Crippen molar-refractivity contribution in [1.82, 2.24) is 24.0 Å². The molecule has 1 fully saturated rings. The molecule has 1 aliphatic heterocycles. The first-order valence-electron chi connectivity index (χ1n) is 10.1. The van der Waals surface area contributed by atoms with E-state index in [1.54, 1.807) is 13.1 Å². The van der Waals surface area contributed by atoms with Gasteiger partial charge in [-0.05, 0) is 11.6 Å².